The second-order valence-electron chi connectivity index (χ2n) is 6.53. The minimum absolute atomic E-state index is 0.140. The Labute approximate surface area is 158 Å². The summed E-state index contributed by atoms with van der Waals surface area (Å²) in [6, 6.07) is 6.17. The van der Waals surface area contributed by atoms with Gasteiger partial charge in [-0.1, -0.05) is 31.0 Å². The molecule has 0 atom stereocenters. The molecule has 1 fully saturated rings. The molecule has 1 heterocycles. The van der Waals surface area contributed by atoms with E-state index in [4.69, 9.17) is 9.47 Å². The number of methoxy groups -OCH3 is 2. The van der Waals surface area contributed by atoms with Crippen LogP contribution in [-0.4, -0.2) is 40.5 Å². The summed E-state index contributed by atoms with van der Waals surface area (Å²) in [4.78, 5) is 11.4. The number of nitrogens with zero attached hydrogens (tertiary/aromatic N) is 3. The van der Waals surface area contributed by atoms with Gasteiger partial charge in [-0.25, -0.2) is 0 Å². The molecule has 0 bridgehead atoms. The molecule has 1 aromatic heterocycles. The minimum atomic E-state index is 0.140. The van der Waals surface area contributed by atoms with Crippen LogP contribution >= 0.6 is 11.8 Å². The van der Waals surface area contributed by atoms with Crippen LogP contribution in [0.1, 0.15) is 45.1 Å². The second kappa shape index (κ2) is 8.58. The van der Waals surface area contributed by atoms with E-state index in [1.807, 2.05) is 18.2 Å². The van der Waals surface area contributed by atoms with Gasteiger partial charge in [-0.05, 0) is 38.0 Å². The van der Waals surface area contributed by atoms with Gasteiger partial charge in [0.1, 0.15) is 5.78 Å². The third-order valence-corrected chi connectivity index (χ3v) is 5.74. The van der Waals surface area contributed by atoms with Gasteiger partial charge in [0.25, 0.3) is 0 Å². The number of Topliss-reactive ketones (excluding diaryl/α,β-unsaturated/α-hetero) is 1. The maximum Gasteiger partial charge on any atom is 0.192 e. The molecule has 1 saturated carbocycles. The number of thioether (sulfide) groups is 1. The molecule has 0 spiro atoms. The highest BCUT2D eigenvalue weighted by Crippen LogP contribution is 2.37. The van der Waals surface area contributed by atoms with E-state index in [1.165, 1.54) is 31.0 Å². The van der Waals surface area contributed by atoms with E-state index in [1.54, 1.807) is 21.1 Å². The van der Waals surface area contributed by atoms with Crippen LogP contribution in [0.2, 0.25) is 0 Å². The Morgan fingerprint density at radius 2 is 1.88 bits per heavy atom. The average molecular weight is 375 g/mol. The molecule has 0 unspecified atom stereocenters. The number of hydrogen-bond acceptors (Lipinski definition) is 6. The quantitative estimate of drug-likeness (QED) is 0.677. The summed E-state index contributed by atoms with van der Waals surface area (Å²) >= 11 is 1.47. The smallest absolute Gasteiger partial charge is 0.192 e. The third-order valence-electron chi connectivity index (χ3n) is 4.65. The van der Waals surface area contributed by atoms with Gasteiger partial charge in [-0.15, -0.1) is 10.2 Å². The van der Waals surface area contributed by atoms with Gasteiger partial charge in [0, 0.05) is 11.6 Å². The first-order valence-electron chi connectivity index (χ1n) is 8.93. The summed E-state index contributed by atoms with van der Waals surface area (Å²) in [7, 11) is 3.25. The Morgan fingerprint density at radius 3 is 2.54 bits per heavy atom. The molecule has 0 saturated heterocycles. The average Bonchev–Trinajstić information content (AvgIpc) is 3.10. The third kappa shape index (κ3) is 4.03. The zero-order valence-electron chi connectivity index (χ0n) is 15.5. The molecule has 7 heteroatoms. The van der Waals surface area contributed by atoms with Crippen LogP contribution in [0.3, 0.4) is 0 Å². The van der Waals surface area contributed by atoms with E-state index in [0.717, 1.165) is 29.4 Å². The monoisotopic (exact) mass is 375 g/mol. The molecular formula is C19H25N3O3S. The number of aromatic nitrogens is 3. The first kappa shape index (κ1) is 18.8. The van der Waals surface area contributed by atoms with Crippen LogP contribution in [0.25, 0.3) is 11.4 Å². The number of benzene rings is 1. The van der Waals surface area contributed by atoms with Crippen molar-refractivity contribution in [2.24, 2.45) is 0 Å². The normalized spacial score (nSPS) is 15.0. The van der Waals surface area contributed by atoms with Crippen molar-refractivity contribution < 1.29 is 14.3 Å². The second-order valence-corrected chi connectivity index (χ2v) is 7.47. The topological polar surface area (TPSA) is 66.2 Å². The molecule has 0 radical (unpaired) electrons. The predicted octanol–water partition coefficient (Wildman–Crippen LogP) is 4.15. The Balaban J connectivity index is 2.01. The summed E-state index contributed by atoms with van der Waals surface area (Å²) in [5.41, 5.74) is 0.940. The molecule has 1 aromatic carbocycles. The van der Waals surface area contributed by atoms with Crippen molar-refractivity contribution in [1.29, 1.82) is 0 Å². The molecule has 1 aliphatic rings. The van der Waals surface area contributed by atoms with Crippen molar-refractivity contribution in [3.63, 3.8) is 0 Å². The van der Waals surface area contributed by atoms with Crippen LogP contribution in [0, 0.1) is 0 Å². The molecule has 0 amide bonds. The minimum Gasteiger partial charge on any atom is -0.493 e. The molecule has 140 valence electrons. The van der Waals surface area contributed by atoms with Gasteiger partial charge >= 0.3 is 0 Å². The number of carbonyl (C=O) groups is 1. The lowest BCUT2D eigenvalue weighted by Crippen LogP contribution is -2.15. The zero-order chi connectivity index (χ0) is 18.5. The van der Waals surface area contributed by atoms with Crippen LogP contribution < -0.4 is 9.47 Å². The fourth-order valence-electron chi connectivity index (χ4n) is 3.38. The summed E-state index contributed by atoms with van der Waals surface area (Å²) in [6.07, 6.45) is 5.94. The molecule has 0 N–H and O–H groups in total. The molecule has 3 rings (SSSR count). The Morgan fingerprint density at radius 1 is 1.15 bits per heavy atom. The maximum atomic E-state index is 11.4. The Bertz CT molecular complexity index is 769. The number of ketones is 1. The van der Waals surface area contributed by atoms with Gasteiger partial charge in [0.05, 0.1) is 20.0 Å². The highest BCUT2D eigenvalue weighted by molar-refractivity contribution is 7.99. The molecule has 6 nitrogen and oxygen atoms in total. The van der Waals surface area contributed by atoms with Crippen molar-refractivity contribution in [3.05, 3.63) is 18.2 Å². The lowest BCUT2D eigenvalue weighted by atomic mass is 9.95. The standard InChI is InChI=1S/C19H25N3O3S/c1-13(23)12-26-19-21-20-18(22(19)15-7-5-4-6-8-15)14-9-10-16(24-2)17(11-14)25-3/h9-11,15H,4-8,12H2,1-3H3. The maximum absolute atomic E-state index is 11.4. The van der Waals surface area contributed by atoms with Crippen LogP contribution in [0.15, 0.2) is 23.4 Å². The van der Waals surface area contributed by atoms with Gasteiger partial charge < -0.3 is 9.47 Å². The van der Waals surface area contributed by atoms with Crippen LogP contribution in [-0.2, 0) is 4.79 Å². The van der Waals surface area contributed by atoms with Crippen molar-refractivity contribution in [2.45, 2.75) is 50.2 Å². The van der Waals surface area contributed by atoms with E-state index in [-0.39, 0.29) is 5.78 Å². The molecule has 0 aliphatic heterocycles. The van der Waals surface area contributed by atoms with Crippen LogP contribution in [0.5, 0.6) is 11.5 Å². The van der Waals surface area contributed by atoms with E-state index >= 15 is 0 Å². The van der Waals surface area contributed by atoms with Crippen LogP contribution in [0.4, 0.5) is 0 Å². The Kier molecular flexibility index (Phi) is 6.19. The predicted molar refractivity (Wildman–Crippen MR) is 102 cm³/mol. The highest BCUT2D eigenvalue weighted by atomic mass is 32.2. The number of carbonyl (C=O) groups excluding carboxylic acids is 1. The van der Waals surface area contributed by atoms with Gasteiger partial charge in [-0.3, -0.25) is 9.36 Å². The van der Waals surface area contributed by atoms with Gasteiger partial charge in [-0.2, -0.15) is 0 Å². The van der Waals surface area contributed by atoms with Crippen molar-refractivity contribution >= 4 is 17.5 Å². The van der Waals surface area contributed by atoms with Crippen molar-refractivity contribution in [3.8, 4) is 22.9 Å². The van der Waals surface area contributed by atoms with Crippen molar-refractivity contribution in [2.75, 3.05) is 20.0 Å². The summed E-state index contributed by atoms with van der Waals surface area (Å²) in [5, 5.41) is 9.66. The van der Waals surface area contributed by atoms with E-state index in [0.29, 0.717) is 23.3 Å². The number of rotatable bonds is 7. The lowest BCUT2D eigenvalue weighted by molar-refractivity contribution is -0.114. The molecular weight excluding hydrogens is 350 g/mol. The fraction of sp³-hybridized carbons (Fsp3) is 0.526. The SMILES string of the molecule is COc1ccc(-c2nnc(SCC(C)=O)n2C2CCCCC2)cc1OC. The van der Waals surface area contributed by atoms with Crippen molar-refractivity contribution in [1.82, 2.24) is 14.8 Å². The summed E-state index contributed by atoms with van der Waals surface area (Å²) in [5.74, 6) is 2.73. The fourth-order valence-corrected chi connectivity index (χ4v) is 4.19. The van der Waals surface area contributed by atoms with Gasteiger partial charge in [0.15, 0.2) is 22.5 Å². The number of hydrogen-bond donors (Lipinski definition) is 0. The Hall–Kier alpha value is -2.02. The largest absolute Gasteiger partial charge is 0.493 e. The zero-order valence-corrected chi connectivity index (χ0v) is 16.3. The van der Waals surface area contributed by atoms with Gasteiger partial charge in [0.2, 0.25) is 0 Å². The number of ether oxygens (including phenoxy) is 2. The highest BCUT2D eigenvalue weighted by Gasteiger charge is 2.24. The van der Waals surface area contributed by atoms with E-state index < -0.39 is 0 Å². The first-order chi connectivity index (χ1) is 12.6. The van der Waals surface area contributed by atoms with E-state index in [2.05, 4.69) is 14.8 Å². The molecule has 1 aliphatic carbocycles. The lowest BCUT2D eigenvalue weighted by Gasteiger charge is -2.25. The molecule has 26 heavy (non-hydrogen) atoms. The first-order valence-corrected chi connectivity index (χ1v) is 9.92. The van der Waals surface area contributed by atoms with E-state index in [9.17, 15) is 4.79 Å². The molecule has 2 aromatic rings. The summed E-state index contributed by atoms with van der Waals surface area (Å²) in [6.45, 7) is 1.60. The summed E-state index contributed by atoms with van der Waals surface area (Å²) < 4.78 is 13.0.